The van der Waals surface area contributed by atoms with Crippen LogP contribution in [0.5, 0.6) is 0 Å². The standard InChI is InChI=1S/C16H20N2/c1-13-3-4-16(11-14(13)2)12-18-10-7-15-5-8-17-9-6-15/h3-6,8-9,11,18H,7,10,12H2,1-2H3. The van der Waals surface area contributed by atoms with Crippen LogP contribution in [0.4, 0.5) is 0 Å². The number of nitrogens with one attached hydrogen (secondary N) is 1. The number of pyridine rings is 1. The summed E-state index contributed by atoms with van der Waals surface area (Å²) in [7, 11) is 0. The number of hydrogen-bond acceptors (Lipinski definition) is 2. The van der Waals surface area contributed by atoms with Gasteiger partial charge in [0.25, 0.3) is 0 Å². The highest BCUT2D eigenvalue weighted by atomic mass is 14.8. The van der Waals surface area contributed by atoms with Crippen LogP contribution in [0.3, 0.4) is 0 Å². The van der Waals surface area contributed by atoms with Gasteiger partial charge in [-0.25, -0.2) is 0 Å². The Labute approximate surface area is 109 Å². The monoisotopic (exact) mass is 240 g/mol. The maximum Gasteiger partial charge on any atom is 0.0270 e. The van der Waals surface area contributed by atoms with E-state index in [0.717, 1.165) is 19.5 Å². The number of aromatic nitrogens is 1. The van der Waals surface area contributed by atoms with Crippen molar-refractivity contribution in [3.8, 4) is 0 Å². The molecule has 0 unspecified atom stereocenters. The Balaban J connectivity index is 1.77. The number of nitrogens with zero attached hydrogens (tertiary/aromatic N) is 1. The Bertz CT molecular complexity index is 492. The molecule has 0 atom stereocenters. The van der Waals surface area contributed by atoms with Crippen molar-refractivity contribution in [2.24, 2.45) is 0 Å². The molecule has 2 rings (SSSR count). The average molecular weight is 240 g/mol. The summed E-state index contributed by atoms with van der Waals surface area (Å²) >= 11 is 0. The first kappa shape index (κ1) is 12.8. The maximum absolute atomic E-state index is 4.02. The lowest BCUT2D eigenvalue weighted by atomic mass is 10.1. The molecule has 0 aliphatic carbocycles. The van der Waals surface area contributed by atoms with Crippen molar-refractivity contribution in [1.82, 2.24) is 10.3 Å². The quantitative estimate of drug-likeness (QED) is 0.813. The van der Waals surface area contributed by atoms with Crippen molar-refractivity contribution in [2.75, 3.05) is 6.54 Å². The number of aryl methyl sites for hydroxylation is 2. The summed E-state index contributed by atoms with van der Waals surface area (Å²) < 4.78 is 0. The number of hydrogen-bond donors (Lipinski definition) is 1. The van der Waals surface area contributed by atoms with E-state index in [2.05, 4.69) is 54.5 Å². The Kier molecular flexibility index (Phi) is 4.48. The van der Waals surface area contributed by atoms with Crippen LogP contribution in [0, 0.1) is 13.8 Å². The summed E-state index contributed by atoms with van der Waals surface area (Å²) in [5, 5.41) is 3.48. The summed E-state index contributed by atoms with van der Waals surface area (Å²) in [6.45, 7) is 6.24. The summed E-state index contributed by atoms with van der Waals surface area (Å²) in [5.41, 5.74) is 5.41. The van der Waals surface area contributed by atoms with E-state index in [1.807, 2.05) is 12.4 Å². The third-order valence-corrected chi connectivity index (χ3v) is 3.24. The minimum atomic E-state index is 0.937. The van der Waals surface area contributed by atoms with Gasteiger partial charge in [-0.3, -0.25) is 4.98 Å². The second-order valence-corrected chi connectivity index (χ2v) is 4.70. The van der Waals surface area contributed by atoms with Gasteiger partial charge in [-0.1, -0.05) is 18.2 Å². The predicted octanol–water partition coefficient (Wildman–Crippen LogP) is 3.03. The molecule has 0 spiro atoms. The molecular weight excluding hydrogens is 220 g/mol. The van der Waals surface area contributed by atoms with Crippen molar-refractivity contribution in [2.45, 2.75) is 26.8 Å². The molecule has 0 saturated heterocycles. The molecule has 1 aromatic carbocycles. The van der Waals surface area contributed by atoms with Gasteiger partial charge < -0.3 is 5.32 Å². The third-order valence-electron chi connectivity index (χ3n) is 3.24. The zero-order chi connectivity index (χ0) is 12.8. The summed E-state index contributed by atoms with van der Waals surface area (Å²) in [6.07, 6.45) is 4.74. The fraction of sp³-hybridized carbons (Fsp3) is 0.312. The molecule has 0 radical (unpaired) electrons. The van der Waals surface area contributed by atoms with Crippen LogP contribution in [0.2, 0.25) is 0 Å². The van der Waals surface area contributed by atoms with Crippen molar-refractivity contribution in [1.29, 1.82) is 0 Å². The van der Waals surface area contributed by atoms with Crippen molar-refractivity contribution < 1.29 is 0 Å². The molecular formula is C16H20N2. The second-order valence-electron chi connectivity index (χ2n) is 4.70. The molecule has 1 heterocycles. The SMILES string of the molecule is Cc1ccc(CNCCc2ccncc2)cc1C. The molecule has 0 saturated carbocycles. The van der Waals surface area contributed by atoms with Crippen LogP contribution in [-0.4, -0.2) is 11.5 Å². The fourth-order valence-electron chi connectivity index (χ4n) is 1.93. The first-order chi connectivity index (χ1) is 8.75. The first-order valence-corrected chi connectivity index (χ1v) is 6.41. The van der Waals surface area contributed by atoms with Crippen LogP contribution in [0.25, 0.3) is 0 Å². The lowest BCUT2D eigenvalue weighted by molar-refractivity contribution is 0.686. The molecule has 0 aliphatic heterocycles. The predicted molar refractivity (Wildman–Crippen MR) is 75.6 cm³/mol. The van der Waals surface area contributed by atoms with Gasteiger partial charge in [-0.2, -0.15) is 0 Å². The Morgan fingerprint density at radius 3 is 2.44 bits per heavy atom. The summed E-state index contributed by atoms with van der Waals surface area (Å²) in [6, 6.07) is 10.8. The largest absolute Gasteiger partial charge is 0.312 e. The van der Waals surface area contributed by atoms with Crippen molar-refractivity contribution in [3.05, 3.63) is 65.0 Å². The number of rotatable bonds is 5. The lowest BCUT2D eigenvalue weighted by Gasteiger charge is -2.07. The van der Waals surface area contributed by atoms with Crippen LogP contribution >= 0.6 is 0 Å². The van der Waals surface area contributed by atoms with Crippen LogP contribution < -0.4 is 5.32 Å². The van der Waals surface area contributed by atoms with Gasteiger partial charge in [0.15, 0.2) is 0 Å². The van der Waals surface area contributed by atoms with E-state index in [9.17, 15) is 0 Å². The van der Waals surface area contributed by atoms with E-state index in [-0.39, 0.29) is 0 Å². The van der Waals surface area contributed by atoms with Gasteiger partial charge in [-0.05, 0) is 61.2 Å². The highest BCUT2D eigenvalue weighted by Gasteiger charge is 1.96. The zero-order valence-electron chi connectivity index (χ0n) is 11.1. The van der Waals surface area contributed by atoms with Gasteiger partial charge in [0, 0.05) is 18.9 Å². The molecule has 18 heavy (non-hydrogen) atoms. The molecule has 2 heteroatoms. The van der Waals surface area contributed by atoms with E-state index in [1.165, 1.54) is 22.3 Å². The van der Waals surface area contributed by atoms with Crippen molar-refractivity contribution >= 4 is 0 Å². The first-order valence-electron chi connectivity index (χ1n) is 6.41. The molecule has 1 N–H and O–H groups in total. The highest BCUT2D eigenvalue weighted by Crippen LogP contribution is 2.09. The topological polar surface area (TPSA) is 24.9 Å². The second kappa shape index (κ2) is 6.31. The Hall–Kier alpha value is -1.67. The third kappa shape index (κ3) is 3.67. The molecule has 94 valence electrons. The van der Waals surface area contributed by atoms with E-state index in [0.29, 0.717) is 0 Å². The summed E-state index contributed by atoms with van der Waals surface area (Å²) in [5.74, 6) is 0. The fourth-order valence-corrected chi connectivity index (χ4v) is 1.93. The maximum atomic E-state index is 4.02. The van der Waals surface area contributed by atoms with Crippen molar-refractivity contribution in [3.63, 3.8) is 0 Å². The Morgan fingerprint density at radius 2 is 1.72 bits per heavy atom. The molecule has 0 fully saturated rings. The van der Waals surface area contributed by atoms with Crippen LogP contribution in [-0.2, 0) is 13.0 Å². The summed E-state index contributed by atoms with van der Waals surface area (Å²) in [4.78, 5) is 4.02. The van der Waals surface area contributed by atoms with E-state index in [1.54, 1.807) is 0 Å². The molecule has 2 aromatic rings. The Morgan fingerprint density at radius 1 is 0.944 bits per heavy atom. The van der Waals surface area contributed by atoms with Gasteiger partial charge in [0.05, 0.1) is 0 Å². The minimum Gasteiger partial charge on any atom is -0.312 e. The van der Waals surface area contributed by atoms with Crippen LogP contribution in [0.15, 0.2) is 42.7 Å². The van der Waals surface area contributed by atoms with Gasteiger partial charge in [-0.15, -0.1) is 0 Å². The average Bonchev–Trinajstić information content (AvgIpc) is 2.40. The molecule has 1 aromatic heterocycles. The van der Waals surface area contributed by atoms with Gasteiger partial charge in [0.1, 0.15) is 0 Å². The van der Waals surface area contributed by atoms with E-state index < -0.39 is 0 Å². The normalized spacial score (nSPS) is 10.6. The number of benzene rings is 1. The van der Waals surface area contributed by atoms with E-state index >= 15 is 0 Å². The van der Waals surface area contributed by atoms with Gasteiger partial charge in [0.2, 0.25) is 0 Å². The zero-order valence-corrected chi connectivity index (χ0v) is 11.1. The van der Waals surface area contributed by atoms with Gasteiger partial charge >= 0.3 is 0 Å². The highest BCUT2D eigenvalue weighted by molar-refractivity contribution is 5.29. The lowest BCUT2D eigenvalue weighted by Crippen LogP contribution is -2.16. The molecule has 0 amide bonds. The smallest absolute Gasteiger partial charge is 0.0270 e. The molecule has 2 nitrogen and oxygen atoms in total. The van der Waals surface area contributed by atoms with E-state index in [4.69, 9.17) is 0 Å². The van der Waals surface area contributed by atoms with Crippen LogP contribution in [0.1, 0.15) is 22.3 Å². The minimum absolute atomic E-state index is 0.937. The molecule has 0 aliphatic rings. The molecule has 0 bridgehead atoms.